The smallest absolute Gasteiger partial charge is 0.253 e. The molecular weight excluding hydrogens is 316 g/mol. The van der Waals surface area contributed by atoms with Crippen molar-refractivity contribution in [1.29, 1.82) is 0 Å². The highest BCUT2D eigenvalue weighted by molar-refractivity contribution is 9.10. The number of halogens is 1. The van der Waals surface area contributed by atoms with Crippen LogP contribution in [0.15, 0.2) is 22.7 Å². The van der Waals surface area contributed by atoms with Crippen molar-refractivity contribution in [2.75, 3.05) is 13.1 Å². The third-order valence-electron chi connectivity index (χ3n) is 4.85. The zero-order valence-corrected chi connectivity index (χ0v) is 13.4. The minimum absolute atomic E-state index is 0.155. The minimum Gasteiger partial charge on any atom is -0.338 e. The quantitative estimate of drug-likeness (QED) is 0.856. The van der Waals surface area contributed by atoms with Crippen LogP contribution < -0.4 is 5.73 Å². The maximum Gasteiger partial charge on any atom is 0.253 e. The van der Waals surface area contributed by atoms with Gasteiger partial charge in [0.1, 0.15) is 0 Å². The van der Waals surface area contributed by atoms with Crippen molar-refractivity contribution in [1.82, 2.24) is 4.90 Å². The summed E-state index contributed by atoms with van der Waals surface area (Å²) >= 11 is 3.48. The van der Waals surface area contributed by atoms with Crippen LogP contribution in [-0.2, 0) is 0 Å². The van der Waals surface area contributed by atoms with Crippen molar-refractivity contribution in [3.8, 4) is 0 Å². The topological polar surface area (TPSA) is 46.3 Å². The van der Waals surface area contributed by atoms with Gasteiger partial charge in [0.05, 0.1) is 0 Å². The fourth-order valence-corrected chi connectivity index (χ4v) is 3.89. The molecule has 1 heterocycles. The van der Waals surface area contributed by atoms with E-state index < -0.39 is 0 Å². The van der Waals surface area contributed by atoms with Crippen LogP contribution in [0.25, 0.3) is 0 Å². The summed E-state index contributed by atoms with van der Waals surface area (Å²) in [6.45, 7) is 3.73. The van der Waals surface area contributed by atoms with Gasteiger partial charge in [-0.2, -0.15) is 0 Å². The van der Waals surface area contributed by atoms with Crippen LogP contribution >= 0.6 is 15.9 Å². The molecule has 108 valence electrons. The van der Waals surface area contributed by atoms with E-state index in [1.54, 1.807) is 0 Å². The van der Waals surface area contributed by atoms with Crippen LogP contribution in [0.5, 0.6) is 0 Å². The van der Waals surface area contributed by atoms with Gasteiger partial charge in [-0.05, 0) is 55.4 Å². The number of rotatable bonds is 1. The number of carbonyl (C=O) groups is 1. The van der Waals surface area contributed by atoms with Gasteiger partial charge in [-0.25, -0.2) is 0 Å². The molecule has 2 N–H and O–H groups in total. The Bertz CT molecular complexity index is 531. The number of carbonyl (C=O) groups excluding carboxylic acids is 1. The molecule has 1 saturated heterocycles. The number of likely N-dealkylation sites (tertiary alicyclic amines) is 1. The number of nitrogens with two attached hydrogens (primary N) is 1. The third-order valence-corrected chi connectivity index (χ3v) is 5.74. The van der Waals surface area contributed by atoms with E-state index in [4.69, 9.17) is 5.73 Å². The van der Waals surface area contributed by atoms with E-state index in [2.05, 4.69) is 15.9 Å². The standard InChI is InChI=1S/C16H21BrN2O/c1-10-7-11(5-6-14(10)17)16(20)19-8-12-3-2-4-15(18)13(12)9-19/h5-7,12-13,15H,2-4,8-9,18H2,1H3. The second-order valence-electron chi connectivity index (χ2n) is 6.19. The van der Waals surface area contributed by atoms with Gasteiger partial charge in [0.2, 0.25) is 0 Å². The summed E-state index contributed by atoms with van der Waals surface area (Å²) in [4.78, 5) is 14.6. The summed E-state index contributed by atoms with van der Waals surface area (Å²) < 4.78 is 1.05. The third kappa shape index (κ3) is 2.51. The molecule has 2 fully saturated rings. The van der Waals surface area contributed by atoms with Gasteiger partial charge in [-0.15, -0.1) is 0 Å². The van der Waals surface area contributed by atoms with E-state index in [0.29, 0.717) is 11.8 Å². The summed E-state index contributed by atoms with van der Waals surface area (Å²) in [5, 5.41) is 0. The Morgan fingerprint density at radius 1 is 1.35 bits per heavy atom. The number of amides is 1. The van der Waals surface area contributed by atoms with Gasteiger partial charge in [0.25, 0.3) is 5.91 Å². The highest BCUT2D eigenvalue weighted by Gasteiger charge is 2.40. The number of fused-ring (bicyclic) bond motifs is 1. The summed E-state index contributed by atoms with van der Waals surface area (Å²) in [5.74, 6) is 1.27. The molecule has 1 aromatic rings. The first-order chi connectivity index (χ1) is 9.56. The predicted octanol–water partition coefficient (Wildman–Crippen LogP) is 2.96. The Morgan fingerprint density at radius 3 is 2.85 bits per heavy atom. The Hall–Kier alpha value is -0.870. The minimum atomic E-state index is 0.155. The predicted molar refractivity (Wildman–Crippen MR) is 83.6 cm³/mol. The maximum absolute atomic E-state index is 12.6. The molecule has 0 bridgehead atoms. The average molecular weight is 337 g/mol. The molecule has 3 unspecified atom stereocenters. The van der Waals surface area contributed by atoms with E-state index in [1.807, 2.05) is 30.0 Å². The molecule has 4 heteroatoms. The zero-order valence-electron chi connectivity index (χ0n) is 11.8. The van der Waals surface area contributed by atoms with Gasteiger partial charge >= 0.3 is 0 Å². The Morgan fingerprint density at radius 2 is 2.15 bits per heavy atom. The molecule has 1 aliphatic carbocycles. The van der Waals surface area contributed by atoms with Gasteiger partial charge < -0.3 is 10.6 Å². The van der Waals surface area contributed by atoms with Crippen LogP contribution in [0.3, 0.4) is 0 Å². The SMILES string of the molecule is Cc1cc(C(=O)N2CC3CCCC(N)C3C2)ccc1Br. The largest absolute Gasteiger partial charge is 0.338 e. The first-order valence-electron chi connectivity index (χ1n) is 7.37. The van der Waals surface area contributed by atoms with Crippen molar-refractivity contribution in [3.05, 3.63) is 33.8 Å². The van der Waals surface area contributed by atoms with E-state index in [0.717, 1.165) is 35.1 Å². The number of nitrogens with zero attached hydrogens (tertiary/aromatic N) is 1. The van der Waals surface area contributed by atoms with Crippen molar-refractivity contribution in [2.45, 2.75) is 32.2 Å². The van der Waals surface area contributed by atoms with E-state index >= 15 is 0 Å². The fourth-order valence-electron chi connectivity index (χ4n) is 3.64. The van der Waals surface area contributed by atoms with Gasteiger partial charge in [0, 0.05) is 29.2 Å². The molecular formula is C16H21BrN2O. The van der Waals surface area contributed by atoms with Crippen LogP contribution in [-0.4, -0.2) is 29.9 Å². The number of hydrogen-bond donors (Lipinski definition) is 1. The van der Waals surface area contributed by atoms with E-state index in [-0.39, 0.29) is 11.9 Å². The van der Waals surface area contributed by atoms with Crippen LogP contribution in [0.4, 0.5) is 0 Å². The maximum atomic E-state index is 12.6. The summed E-state index contributed by atoms with van der Waals surface area (Å²) in [6, 6.07) is 6.10. The lowest BCUT2D eigenvalue weighted by Crippen LogP contribution is -2.38. The van der Waals surface area contributed by atoms with E-state index in [1.165, 1.54) is 12.8 Å². The average Bonchev–Trinajstić information content (AvgIpc) is 2.86. The molecule has 1 saturated carbocycles. The lowest BCUT2D eigenvalue weighted by molar-refractivity contribution is 0.0783. The van der Waals surface area contributed by atoms with Crippen LogP contribution in [0.1, 0.15) is 35.2 Å². The summed E-state index contributed by atoms with van der Waals surface area (Å²) in [5.41, 5.74) is 8.11. The first kappa shape index (κ1) is 14.1. The van der Waals surface area contributed by atoms with Gasteiger partial charge in [-0.3, -0.25) is 4.79 Å². The molecule has 1 amide bonds. The van der Waals surface area contributed by atoms with Crippen LogP contribution in [0.2, 0.25) is 0 Å². The summed E-state index contributed by atoms with van der Waals surface area (Å²) in [7, 11) is 0. The highest BCUT2D eigenvalue weighted by Crippen LogP contribution is 2.36. The zero-order chi connectivity index (χ0) is 14.3. The monoisotopic (exact) mass is 336 g/mol. The van der Waals surface area contributed by atoms with Crippen molar-refractivity contribution in [2.24, 2.45) is 17.6 Å². The normalized spacial score (nSPS) is 29.4. The molecule has 1 aliphatic heterocycles. The Balaban J connectivity index is 1.76. The van der Waals surface area contributed by atoms with Crippen molar-refractivity contribution >= 4 is 21.8 Å². The molecule has 0 radical (unpaired) electrons. The van der Waals surface area contributed by atoms with E-state index in [9.17, 15) is 4.79 Å². The molecule has 0 spiro atoms. The molecule has 1 aromatic carbocycles. The molecule has 3 nitrogen and oxygen atoms in total. The Labute approximate surface area is 128 Å². The number of hydrogen-bond acceptors (Lipinski definition) is 2. The molecule has 2 aliphatic rings. The highest BCUT2D eigenvalue weighted by atomic mass is 79.9. The molecule has 20 heavy (non-hydrogen) atoms. The lowest BCUT2D eigenvalue weighted by atomic mass is 9.78. The first-order valence-corrected chi connectivity index (χ1v) is 8.16. The molecule has 3 rings (SSSR count). The molecule has 0 aromatic heterocycles. The molecule has 3 atom stereocenters. The Kier molecular flexibility index (Phi) is 3.87. The summed E-state index contributed by atoms with van der Waals surface area (Å²) in [6.07, 6.45) is 3.55. The fraction of sp³-hybridized carbons (Fsp3) is 0.562. The van der Waals surface area contributed by atoms with Crippen LogP contribution in [0, 0.1) is 18.8 Å². The van der Waals surface area contributed by atoms with Gasteiger partial charge in [0.15, 0.2) is 0 Å². The number of aryl methyl sites for hydroxylation is 1. The van der Waals surface area contributed by atoms with Gasteiger partial charge in [-0.1, -0.05) is 22.4 Å². The number of benzene rings is 1. The second-order valence-corrected chi connectivity index (χ2v) is 7.05. The lowest BCUT2D eigenvalue weighted by Gasteiger charge is -2.29. The van der Waals surface area contributed by atoms with Crippen molar-refractivity contribution < 1.29 is 4.79 Å². The van der Waals surface area contributed by atoms with Crippen molar-refractivity contribution in [3.63, 3.8) is 0 Å². The second kappa shape index (κ2) is 5.49.